The summed E-state index contributed by atoms with van der Waals surface area (Å²) in [6.45, 7) is 1.79. The molecule has 0 spiro atoms. The summed E-state index contributed by atoms with van der Waals surface area (Å²) < 4.78 is 6.65. The maximum absolute atomic E-state index is 12.5. The van der Waals surface area contributed by atoms with E-state index in [0.717, 1.165) is 16.3 Å². The van der Waals surface area contributed by atoms with Gasteiger partial charge in [0, 0.05) is 18.5 Å². The number of ether oxygens (including phenoxy) is 1. The summed E-state index contributed by atoms with van der Waals surface area (Å²) in [5.74, 6) is -0.666. The van der Waals surface area contributed by atoms with Crippen molar-refractivity contribution in [2.24, 2.45) is 5.73 Å². The summed E-state index contributed by atoms with van der Waals surface area (Å²) >= 11 is 5.84. The average Bonchev–Trinajstić information content (AvgIpc) is 2.68. The Morgan fingerprint density at radius 2 is 1.79 bits per heavy atom. The van der Waals surface area contributed by atoms with E-state index in [4.69, 9.17) is 22.1 Å². The molecule has 3 aromatic rings. The lowest BCUT2D eigenvalue weighted by molar-refractivity contribution is -0.119. The molecule has 3 N–H and O–H groups in total. The molecule has 0 bridgehead atoms. The zero-order valence-corrected chi connectivity index (χ0v) is 16.1. The highest BCUT2D eigenvalue weighted by atomic mass is 35.5. The van der Waals surface area contributed by atoms with Crippen molar-refractivity contribution in [1.29, 1.82) is 0 Å². The highest BCUT2D eigenvalue weighted by Gasteiger charge is 2.17. The molecule has 0 aliphatic carbocycles. The number of carbonyl (C=O) groups is 2. The van der Waals surface area contributed by atoms with Crippen molar-refractivity contribution >= 4 is 23.4 Å². The number of amides is 2. The van der Waals surface area contributed by atoms with Crippen LogP contribution in [-0.4, -0.2) is 21.6 Å². The first-order valence-corrected chi connectivity index (χ1v) is 8.92. The standard InChI is InChI=1S/C20H17ClN4O4/c1-12(26)23-11-13-2-6-15(7-3-13)25-18(27)10-17(19(24-25)20(22)28)29-16-8-4-14(21)5-9-16/h2-10H,11H2,1H3,(H2,22,28)(H,23,26). The Bertz CT molecular complexity index is 1110. The molecule has 0 atom stereocenters. The Labute approximate surface area is 170 Å². The minimum atomic E-state index is -0.843. The van der Waals surface area contributed by atoms with E-state index >= 15 is 0 Å². The summed E-state index contributed by atoms with van der Waals surface area (Å²) in [7, 11) is 0. The van der Waals surface area contributed by atoms with Gasteiger partial charge >= 0.3 is 0 Å². The second-order valence-electron chi connectivity index (χ2n) is 6.10. The van der Waals surface area contributed by atoms with E-state index in [1.54, 1.807) is 48.5 Å². The Morgan fingerprint density at radius 1 is 1.14 bits per heavy atom. The normalized spacial score (nSPS) is 10.4. The van der Waals surface area contributed by atoms with Gasteiger partial charge in [-0.2, -0.15) is 9.78 Å². The van der Waals surface area contributed by atoms with E-state index in [-0.39, 0.29) is 17.4 Å². The lowest BCUT2D eigenvalue weighted by atomic mass is 10.2. The van der Waals surface area contributed by atoms with E-state index in [1.807, 2.05) is 0 Å². The number of nitrogens with one attached hydrogen (secondary N) is 1. The first-order valence-electron chi connectivity index (χ1n) is 8.55. The summed E-state index contributed by atoms with van der Waals surface area (Å²) in [5, 5.41) is 7.27. The van der Waals surface area contributed by atoms with E-state index in [2.05, 4.69) is 10.4 Å². The molecular formula is C20H17ClN4O4. The molecule has 3 rings (SSSR count). The highest BCUT2D eigenvalue weighted by molar-refractivity contribution is 6.30. The lowest BCUT2D eigenvalue weighted by Gasteiger charge is -2.12. The number of hydrogen-bond acceptors (Lipinski definition) is 5. The molecule has 0 saturated heterocycles. The number of aromatic nitrogens is 2. The van der Waals surface area contributed by atoms with E-state index in [9.17, 15) is 14.4 Å². The van der Waals surface area contributed by atoms with Gasteiger partial charge in [-0.15, -0.1) is 0 Å². The molecule has 29 heavy (non-hydrogen) atoms. The zero-order chi connectivity index (χ0) is 21.0. The van der Waals surface area contributed by atoms with Crippen molar-refractivity contribution in [3.63, 3.8) is 0 Å². The van der Waals surface area contributed by atoms with Crippen molar-refractivity contribution in [3.8, 4) is 17.2 Å². The molecule has 0 unspecified atom stereocenters. The molecule has 1 aromatic heterocycles. The molecule has 0 aliphatic heterocycles. The van der Waals surface area contributed by atoms with Crippen LogP contribution >= 0.6 is 11.6 Å². The molecular weight excluding hydrogens is 396 g/mol. The van der Waals surface area contributed by atoms with Crippen LogP contribution in [0.15, 0.2) is 59.4 Å². The van der Waals surface area contributed by atoms with Gasteiger partial charge in [0.2, 0.25) is 5.91 Å². The Kier molecular flexibility index (Phi) is 5.94. The highest BCUT2D eigenvalue weighted by Crippen LogP contribution is 2.24. The average molecular weight is 413 g/mol. The van der Waals surface area contributed by atoms with Crippen molar-refractivity contribution in [1.82, 2.24) is 15.1 Å². The molecule has 2 aromatic carbocycles. The number of nitrogens with zero attached hydrogens (tertiary/aromatic N) is 2. The number of hydrogen-bond donors (Lipinski definition) is 2. The molecule has 0 aliphatic rings. The van der Waals surface area contributed by atoms with Gasteiger partial charge in [-0.25, -0.2) is 0 Å². The van der Waals surface area contributed by atoms with Crippen LogP contribution in [0.3, 0.4) is 0 Å². The van der Waals surface area contributed by atoms with Gasteiger partial charge in [0.15, 0.2) is 11.4 Å². The fraction of sp³-hybridized carbons (Fsp3) is 0.100. The summed E-state index contributed by atoms with van der Waals surface area (Å²) in [6.07, 6.45) is 0. The van der Waals surface area contributed by atoms with Crippen LogP contribution in [0.25, 0.3) is 5.69 Å². The van der Waals surface area contributed by atoms with Gasteiger partial charge in [-0.05, 0) is 42.0 Å². The van der Waals surface area contributed by atoms with Gasteiger partial charge in [-0.3, -0.25) is 14.4 Å². The number of halogens is 1. The molecule has 2 amide bonds. The molecule has 0 fully saturated rings. The van der Waals surface area contributed by atoms with Crippen LogP contribution in [0.2, 0.25) is 5.02 Å². The largest absolute Gasteiger partial charge is 0.455 e. The van der Waals surface area contributed by atoms with Crippen molar-refractivity contribution in [3.05, 3.63) is 81.2 Å². The molecule has 8 nitrogen and oxygen atoms in total. The fourth-order valence-corrected chi connectivity index (χ4v) is 2.61. The molecule has 9 heteroatoms. The van der Waals surface area contributed by atoms with Gasteiger partial charge in [-0.1, -0.05) is 23.7 Å². The summed E-state index contributed by atoms with van der Waals surface area (Å²) in [4.78, 5) is 35.4. The third-order valence-electron chi connectivity index (χ3n) is 3.89. The number of rotatable bonds is 6. The third-order valence-corrected chi connectivity index (χ3v) is 4.15. The second kappa shape index (κ2) is 8.57. The van der Waals surface area contributed by atoms with Gasteiger partial charge in [0.25, 0.3) is 11.5 Å². The van der Waals surface area contributed by atoms with Crippen LogP contribution in [0, 0.1) is 0 Å². The smallest absolute Gasteiger partial charge is 0.275 e. The van der Waals surface area contributed by atoms with E-state index in [0.29, 0.717) is 23.0 Å². The topological polar surface area (TPSA) is 116 Å². The van der Waals surface area contributed by atoms with Gasteiger partial charge < -0.3 is 15.8 Å². The third kappa shape index (κ3) is 4.99. The molecule has 1 heterocycles. The van der Waals surface area contributed by atoms with Crippen LogP contribution in [0.1, 0.15) is 23.0 Å². The predicted molar refractivity (Wildman–Crippen MR) is 107 cm³/mol. The van der Waals surface area contributed by atoms with Crippen LogP contribution in [0.5, 0.6) is 11.5 Å². The molecule has 148 valence electrons. The second-order valence-corrected chi connectivity index (χ2v) is 6.54. The Hall–Kier alpha value is -3.65. The summed E-state index contributed by atoms with van der Waals surface area (Å²) in [6, 6.07) is 14.3. The maximum Gasteiger partial charge on any atom is 0.275 e. The van der Waals surface area contributed by atoms with Crippen LogP contribution in [-0.2, 0) is 11.3 Å². The summed E-state index contributed by atoms with van der Waals surface area (Å²) in [5.41, 5.74) is 6.00. The predicted octanol–water partition coefficient (Wildman–Crippen LogP) is 2.41. The van der Waals surface area contributed by atoms with Crippen LogP contribution < -0.4 is 21.3 Å². The Morgan fingerprint density at radius 3 is 2.38 bits per heavy atom. The number of primary amides is 1. The lowest BCUT2D eigenvalue weighted by Crippen LogP contribution is -2.26. The zero-order valence-electron chi connectivity index (χ0n) is 15.4. The van der Waals surface area contributed by atoms with Crippen molar-refractivity contribution in [2.45, 2.75) is 13.5 Å². The van der Waals surface area contributed by atoms with Crippen molar-refractivity contribution in [2.75, 3.05) is 0 Å². The number of benzene rings is 2. The molecule has 0 radical (unpaired) electrons. The monoisotopic (exact) mass is 412 g/mol. The minimum absolute atomic E-state index is 0.0525. The maximum atomic E-state index is 12.5. The van der Waals surface area contributed by atoms with Gasteiger partial charge in [0.1, 0.15) is 5.75 Å². The number of nitrogens with two attached hydrogens (primary N) is 1. The quantitative estimate of drug-likeness (QED) is 0.644. The first-order chi connectivity index (χ1) is 13.8. The Balaban J connectivity index is 1.93. The minimum Gasteiger partial charge on any atom is -0.455 e. The SMILES string of the molecule is CC(=O)NCc1ccc(-n2nc(C(N)=O)c(Oc3ccc(Cl)cc3)cc2=O)cc1. The molecule has 0 saturated carbocycles. The number of carbonyl (C=O) groups excluding carboxylic acids is 2. The first kappa shape index (κ1) is 20.1. The fourth-order valence-electron chi connectivity index (χ4n) is 2.48. The van der Waals surface area contributed by atoms with Crippen LogP contribution in [0.4, 0.5) is 0 Å². The van der Waals surface area contributed by atoms with Gasteiger partial charge in [0.05, 0.1) is 11.8 Å². The van der Waals surface area contributed by atoms with E-state index in [1.165, 1.54) is 6.92 Å². The van der Waals surface area contributed by atoms with Crippen molar-refractivity contribution < 1.29 is 14.3 Å². The van der Waals surface area contributed by atoms with E-state index < -0.39 is 11.5 Å².